The molecule has 0 aromatic heterocycles. The Morgan fingerprint density at radius 3 is 2.85 bits per heavy atom. The number of rotatable bonds is 4. The van der Waals surface area contributed by atoms with Gasteiger partial charge < -0.3 is 9.84 Å². The number of carboxylic acid groups (broad SMARTS) is 1. The largest absolute Gasteiger partial charge is 0.478 e. The van der Waals surface area contributed by atoms with Crippen molar-refractivity contribution in [3.05, 3.63) is 12.2 Å². The molecule has 0 atom stereocenters. The van der Waals surface area contributed by atoms with Gasteiger partial charge in [0.15, 0.2) is 0 Å². The predicted molar refractivity (Wildman–Crippen MR) is 47.2 cm³/mol. The topological polar surface area (TPSA) is 61.8 Å². The summed E-state index contributed by atoms with van der Waals surface area (Å²) < 4.78 is 5.15. The highest BCUT2D eigenvalue weighted by Gasteiger charge is 2.07. The van der Waals surface area contributed by atoms with Gasteiger partial charge in [0.1, 0.15) is 0 Å². The van der Waals surface area contributed by atoms with Crippen molar-refractivity contribution in [3.8, 4) is 0 Å². The molecule has 1 fully saturated rings. The molecule has 0 amide bonds. The summed E-state index contributed by atoms with van der Waals surface area (Å²) in [6.07, 6.45) is 2.71. The van der Waals surface area contributed by atoms with Crippen LogP contribution in [0.3, 0.4) is 0 Å². The fraction of sp³-hybridized carbons (Fsp3) is 0.625. The molecule has 2 N–H and O–H groups in total. The summed E-state index contributed by atoms with van der Waals surface area (Å²) >= 11 is 0. The minimum absolute atomic E-state index is 0.548. The Labute approximate surface area is 76.9 Å². The van der Waals surface area contributed by atoms with E-state index in [4.69, 9.17) is 9.84 Å². The zero-order valence-corrected chi connectivity index (χ0v) is 7.40. The number of nitrogens with one attached hydrogen (secondary N) is 1. The van der Waals surface area contributed by atoms with Gasteiger partial charge in [-0.25, -0.2) is 9.80 Å². The summed E-state index contributed by atoms with van der Waals surface area (Å²) in [5, 5.41) is 10.3. The third-order valence-corrected chi connectivity index (χ3v) is 1.70. The van der Waals surface area contributed by atoms with Crippen LogP contribution in [0.25, 0.3) is 0 Å². The van der Waals surface area contributed by atoms with Gasteiger partial charge in [0.2, 0.25) is 0 Å². The summed E-state index contributed by atoms with van der Waals surface area (Å²) in [7, 11) is 0. The zero-order valence-electron chi connectivity index (χ0n) is 7.40. The van der Waals surface area contributed by atoms with Crippen LogP contribution in [0.4, 0.5) is 0 Å². The maximum absolute atomic E-state index is 10.1. The van der Waals surface area contributed by atoms with E-state index in [0.29, 0.717) is 6.54 Å². The zero-order chi connectivity index (χ0) is 9.52. The number of ether oxygens (including phenoxy) is 1. The summed E-state index contributed by atoms with van der Waals surface area (Å²) in [6, 6.07) is 0. The fourth-order valence-corrected chi connectivity index (χ4v) is 1.06. The second kappa shape index (κ2) is 5.69. The molecule has 1 saturated heterocycles. The molecule has 0 bridgehead atoms. The van der Waals surface area contributed by atoms with Crippen LogP contribution in [-0.4, -0.2) is 48.9 Å². The lowest BCUT2D eigenvalue weighted by atomic mass is 10.5. The molecule has 0 spiro atoms. The van der Waals surface area contributed by atoms with E-state index < -0.39 is 5.97 Å². The van der Waals surface area contributed by atoms with Crippen molar-refractivity contribution < 1.29 is 14.6 Å². The van der Waals surface area contributed by atoms with Crippen LogP contribution in [0.15, 0.2) is 12.2 Å². The van der Waals surface area contributed by atoms with E-state index in [1.807, 2.05) is 5.01 Å². The average molecular weight is 186 g/mol. The highest BCUT2D eigenvalue weighted by Crippen LogP contribution is 1.91. The van der Waals surface area contributed by atoms with Crippen molar-refractivity contribution in [2.24, 2.45) is 0 Å². The van der Waals surface area contributed by atoms with E-state index in [0.717, 1.165) is 32.4 Å². The maximum atomic E-state index is 10.1. The van der Waals surface area contributed by atoms with Crippen LogP contribution in [-0.2, 0) is 9.53 Å². The molecule has 74 valence electrons. The van der Waals surface area contributed by atoms with Gasteiger partial charge in [-0.2, -0.15) is 0 Å². The van der Waals surface area contributed by atoms with E-state index in [-0.39, 0.29) is 0 Å². The van der Waals surface area contributed by atoms with E-state index >= 15 is 0 Å². The molecule has 0 aliphatic carbocycles. The van der Waals surface area contributed by atoms with E-state index in [1.165, 1.54) is 0 Å². The SMILES string of the molecule is O=C(O)/C=C/CNN1CCOCC1. The first-order chi connectivity index (χ1) is 6.29. The van der Waals surface area contributed by atoms with Gasteiger partial charge in [-0.3, -0.25) is 5.43 Å². The molecule has 0 saturated carbocycles. The molecule has 0 aromatic rings. The third-order valence-electron chi connectivity index (χ3n) is 1.70. The first kappa shape index (κ1) is 10.2. The third kappa shape index (κ3) is 4.62. The van der Waals surface area contributed by atoms with Crippen molar-refractivity contribution in [1.82, 2.24) is 10.4 Å². The van der Waals surface area contributed by atoms with Crippen molar-refractivity contribution in [3.63, 3.8) is 0 Å². The number of carboxylic acids is 1. The highest BCUT2D eigenvalue weighted by molar-refractivity contribution is 5.79. The van der Waals surface area contributed by atoms with Gasteiger partial charge in [0.25, 0.3) is 0 Å². The number of hydrogen-bond donors (Lipinski definition) is 2. The van der Waals surface area contributed by atoms with Crippen LogP contribution >= 0.6 is 0 Å². The van der Waals surface area contributed by atoms with Crippen molar-refractivity contribution in [1.29, 1.82) is 0 Å². The number of morpholine rings is 1. The van der Waals surface area contributed by atoms with Crippen molar-refractivity contribution in [2.45, 2.75) is 0 Å². The van der Waals surface area contributed by atoms with Gasteiger partial charge >= 0.3 is 5.97 Å². The van der Waals surface area contributed by atoms with Crippen LogP contribution in [0.1, 0.15) is 0 Å². The van der Waals surface area contributed by atoms with E-state index in [1.54, 1.807) is 6.08 Å². The average Bonchev–Trinajstić information content (AvgIpc) is 2.14. The molecule has 5 heteroatoms. The van der Waals surface area contributed by atoms with Crippen LogP contribution in [0, 0.1) is 0 Å². The van der Waals surface area contributed by atoms with Gasteiger partial charge in [-0.15, -0.1) is 0 Å². The smallest absolute Gasteiger partial charge is 0.328 e. The second-order valence-electron chi connectivity index (χ2n) is 2.70. The molecule has 13 heavy (non-hydrogen) atoms. The Hall–Kier alpha value is -0.910. The molecule has 1 heterocycles. The van der Waals surface area contributed by atoms with Crippen molar-refractivity contribution >= 4 is 5.97 Å². The molecule has 1 rings (SSSR count). The molecular weight excluding hydrogens is 172 g/mol. The lowest BCUT2D eigenvalue weighted by Crippen LogP contribution is -2.45. The first-order valence-electron chi connectivity index (χ1n) is 4.24. The van der Waals surface area contributed by atoms with Crippen LogP contribution in [0.2, 0.25) is 0 Å². The minimum Gasteiger partial charge on any atom is -0.478 e. The van der Waals surface area contributed by atoms with Gasteiger partial charge in [-0.1, -0.05) is 6.08 Å². The second-order valence-corrected chi connectivity index (χ2v) is 2.70. The molecular formula is C8H14N2O3. The molecule has 0 aromatic carbocycles. The summed E-state index contributed by atoms with van der Waals surface area (Å²) in [6.45, 7) is 3.71. The van der Waals surface area contributed by atoms with E-state index in [2.05, 4.69) is 5.43 Å². The molecule has 0 unspecified atom stereocenters. The lowest BCUT2D eigenvalue weighted by molar-refractivity contribution is -0.131. The van der Waals surface area contributed by atoms with Crippen molar-refractivity contribution in [2.75, 3.05) is 32.8 Å². The molecule has 1 aliphatic rings. The van der Waals surface area contributed by atoms with Gasteiger partial charge in [0.05, 0.1) is 13.2 Å². The Kier molecular flexibility index (Phi) is 4.45. The normalized spacial score (nSPS) is 19.4. The molecule has 0 radical (unpaired) electrons. The monoisotopic (exact) mass is 186 g/mol. The van der Waals surface area contributed by atoms with Gasteiger partial charge in [-0.05, 0) is 0 Å². The van der Waals surface area contributed by atoms with Crippen LogP contribution < -0.4 is 5.43 Å². The maximum Gasteiger partial charge on any atom is 0.328 e. The molecule has 1 aliphatic heterocycles. The fourth-order valence-electron chi connectivity index (χ4n) is 1.06. The standard InChI is InChI=1S/C8H14N2O3/c11-8(12)2-1-3-9-10-4-6-13-7-5-10/h1-2,9H,3-7H2,(H,11,12)/b2-1+. The Balaban J connectivity index is 2.07. The number of hydrazine groups is 1. The summed E-state index contributed by atoms with van der Waals surface area (Å²) in [5.41, 5.74) is 3.08. The van der Waals surface area contributed by atoms with E-state index in [9.17, 15) is 4.79 Å². The predicted octanol–water partition coefficient (Wildman–Crippen LogP) is -0.536. The number of nitrogens with zero attached hydrogens (tertiary/aromatic N) is 1. The number of aliphatic carboxylic acids is 1. The van der Waals surface area contributed by atoms with Crippen LogP contribution in [0.5, 0.6) is 0 Å². The highest BCUT2D eigenvalue weighted by atomic mass is 16.5. The van der Waals surface area contributed by atoms with Gasteiger partial charge in [0, 0.05) is 25.7 Å². The molecule has 5 nitrogen and oxygen atoms in total. The number of hydrogen-bond acceptors (Lipinski definition) is 4. The first-order valence-corrected chi connectivity index (χ1v) is 4.24. The lowest BCUT2D eigenvalue weighted by Gasteiger charge is -2.26. The Morgan fingerprint density at radius 1 is 1.54 bits per heavy atom. The quantitative estimate of drug-likeness (QED) is 0.578. The number of carbonyl (C=O) groups is 1. The Bertz CT molecular complexity index is 188. The summed E-state index contributed by atoms with van der Waals surface area (Å²) in [4.78, 5) is 10.1. The summed E-state index contributed by atoms with van der Waals surface area (Å²) in [5.74, 6) is -0.913. The Morgan fingerprint density at radius 2 is 2.23 bits per heavy atom. The minimum atomic E-state index is -0.913.